The molecule has 0 spiro atoms. The maximum atomic E-state index is 12.6. The lowest BCUT2D eigenvalue weighted by Crippen LogP contribution is -2.28. The molecule has 0 saturated heterocycles. The van der Waals surface area contributed by atoms with E-state index in [1.807, 2.05) is 6.07 Å². The Kier molecular flexibility index (Phi) is 8.64. The fourth-order valence-electron chi connectivity index (χ4n) is 5.85. The molecule has 1 unspecified atom stereocenters. The molecule has 2 nitrogen and oxygen atoms in total. The molecule has 1 heterocycles. The molecule has 1 saturated carbocycles. The summed E-state index contributed by atoms with van der Waals surface area (Å²) in [6.07, 6.45) is 15.9. The Morgan fingerprint density at radius 1 is 0.818 bits per heavy atom. The van der Waals surface area contributed by atoms with Crippen LogP contribution in [0.3, 0.4) is 0 Å². The molecule has 1 aliphatic carbocycles. The summed E-state index contributed by atoms with van der Waals surface area (Å²) in [7, 11) is 0. The van der Waals surface area contributed by atoms with Crippen molar-refractivity contribution in [2.24, 2.45) is 5.92 Å². The van der Waals surface area contributed by atoms with Crippen LogP contribution in [-0.4, -0.2) is 12.1 Å². The largest absolute Gasteiger partial charge is 0.458 e. The van der Waals surface area contributed by atoms with Gasteiger partial charge in [-0.1, -0.05) is 82.3 Å². The maximum Gasteiger partial charge on any atom is 0.338 e. The van der Waals surface area contributed by atoms with E-state index >= 15 is 0 Å². The molecule has 178 valence electrons. The van der Waals surface area contributed by atoms with Crippen LogP contribution in [0.5, 0.6) is 0 Å². The second-order valence-corrected chi connectivity index (χ2v) is 10.5. The predicted molar refractivity (Wildman–Crippen MR) is 137 cm³/mol. The molecule has 2 heteroatoms. The normalized spacial score (nSPS) is 22.6. The van der Waals surface area contributed by atoms with Crippen LogP contribution in [0.25, 0.3) is 0 Å². The van der Waals surface area contributed by atoms with Gasteiger partial charge in [0.1, 0.15) is 6.10 Å². The minimum absolute atomic E-state index is 0.00955. The van der Waals surface area contributed by atoms with Gasteiger partial charge >= 0.3 is 5.97 Å². The van der Waals surface area contributed by atoms with Gasteiger partial charge in [0.15, 0.2) is 0 Å². The molecule has 1 fully saturated rings. The molecule has 33 heavy (non-hydrogen) atoms. The van der Waals surface area contributed by atoms with Crippen LogP contribution in [0.4, 0.5) is 0 Å². The highest BCUT2D eigenvalue weighted by atomic mass is 16.5. The van der Waals surface area contributed by atoms with Gasteiger partial charge in [-0.05, 0) is 85.1 Å². The Morgan fingerprint density at radius 3 is 2.30 bits per heavy atom. The van der Waals surface area contributed by atoms with Crippen molar-refractivity contribution in [2.45, 2.75) is 109 Å². The first-order chi connectivity index (χ1) is 16.2. The van der Waals surface area contributed by atoms with Crippen LogP contribution in [0.2, 0.25) is 0 Å². The third-order valence-electron chi connectivity index (χ3n) is 7.92. The summed E-state index contributed by atoms with van der Waals surface area (Å²) >= 11 is 0. The molecule has 0 aromatic heterocycles. The molecule has 0 N–H and O–H groups in total. The molecule has 0 bridgehead atoms. The highest BCUT2D eigenvalue weighted by molar-refractivity contribution is 5.92. The maximum absolute atomic E-state index is 12.6. The molecule has 2 aromatic carbocycles. The average Bonchev–Trinajstić information content (AvgIpc) is 2.84. The Hall–Kier alpha value is -2.09. The lowest BCUT2D eigenvalue weighted by molar-refractivity contribution is 0.0238. The molecule has 1 atom stereocenters. The molecular weight excluding hydrogens is 404 g/mol. The van der Waals surface area contributed by atoms with Gasteiger partial charge in [-0.15, -0.1) is 0 Å². The van der Waals surface area contributed by atoms with Crippen molar-refractivity contribution in [3.05, 3.63) is 70.3 Å². The summed E-state index contributed by atoms with van der Waals surface area (Å²) in [6, 6.07) is 15.7. The van der Waals surface area contributed by atoms with Gasteiger partial charge in [0.2, 0.25) is 0 Å². The lowest BCUT2D eigenvalue weighted by atomic mass is 9.77. The fraction of sp³-hybridized carbons (Fsp3) is 0.581. The van der Waals surface area contributed by atoms with Crippen LogP contribution in [0.1, 0.15) is 117 Å². The molecule has 1 aliphatic heterocycles. The number of benzene rings is 2. The SMILES string of the molecule is CCCCCC1CCC(c2ccc(CCC3Cc4ccc(CCC)cc4C(=O)O3)cc2)CC1. The summed E-state index contributed by atoms with van der Waals surface area (Å²) in [6.45, 7) is 4.46. The van der Waals surface area contributed by atoms with Crippen molar-refractivity contribution in [2.75, 3.05) is 0 Å². The molecule has 0 amide bonds. The van der Waals surface area contributed by atoms with Crippen molar-refractivity contribution in [3.8, 4) is 0 Å². The third-order valence-corrected chi connectivity index (χ3v) is 7.92. The third kappa shape index (κ3) is 6.49. The number of esters is 1. The molecule has 0 radical (unpaired) electrons. The van der Waals surface area contributed by atoms with E-state index in [-0.39, 0.29) is 12.1 Å². The number of rotatable bonds is 10. The average molecular weight is 447 g/mol. The Balaban J connectivity index is 1.25. The number of fused-ring (bicyclic) bond motifs is 1. The van der Waals surface area contributed by atoms with Gasteiger partial charge in [0.25, 0.3) is 0 Å². The Bertz CT molecular complexity index is 890. The quantitative estimate of drug-likeness (QED) is 0.271. The minimum Gasteiger partial charge on any atom is -0.458 e. The number of hydrogen-bond donors (Lipinski definition) is 0. The number of carbonyl (C=O) groups is 1. The van der Waals surface area contributed by atoms with Crippen molar-refractivity contribution in [1.82, 2.24) is 0 Å². The number of cyclic esters (lactones) is 1. The highest BCUT2D eigenvalue weighted by Crippen LogP contribution is 2.38. The van der Waals surface area contributed by atoms with E-state index in [2.05, 4.69) is 50.2 Å². The van der Waals surface area contributed by atoms with Crippen LogP contribution in [0, 0.1) is 5.92 Å². The molecule has 4 rings (SSSR count). The molecule has 2 aromatic rings. The predicted octanol–water partition coefficient (Wildman–Crippen LogP) is 8.21. The van der Waals surface area contributed by atoms with Crippen molar-refractivity contribution < 1.29 is 9.53 Å². The van der Waals surface area contributed by atoms with E-state index in [0.29, 0.717) is 0 Å². The van der Waals surface area contributed by atoms with Crippen molar-refractivity contribution >= 4 is 5.97 Å². The van der Waals surface area contributed by atoms with Gasteiger partial charge in [-0.25, -0.2) is 4.79 Å². The Labute approximate surface area is 201 Å². The zero-order valence-corrected chi connectivity index (χ0v) is 20.8. The first-order valence-electron chi connectivity index (χ1n) is 13.6. The van der Waals surface area contributed by atoms with E-state index in [1.165, 1.54) is 68.1 Å². The van der Waals surface area contributed by atoms with Crippen LogP contribution < -0.4 is 0 Å². The summed E-state index contributed by atoms with van der Waals surface area (Å²) in [5, 5.41) is 0. The van der Waals surface area contributed by atoms with E-state index in [4.69, 9.17) is 4.74 Å². The van der Waals surface area contributed by atoms with Crippen LogP contribution in [-0.2, 0) is 24.0 Å². The fourth-order valence-corrected chi connectivity index (χ4v) is 5.85. The monoisotopic (exact) mass is 446 g/mol. The van der Waals surface area contributed by atoms with Crippen LogP contribution >= 0.6 is 0 Å². The highest BCUT2D eigenvalue weighted by Gasteiger charge is 2.26. The zero-order valence-electron chi connectivity index (χ0n) is 20.8. The van der Waals surface area contributed by atoms with Gasteiger partial charge in [0.05, 0.1) is 5.56 Å². The number of unbranched alkanes of at least 4 members (excludes halogenated alkanes) is 2. The number of hydrogen-bond acceptors (Lipinski definition) is 2. The standard InChI is InChI=1S/C31H42O2/c1-3-5-6-8-23-9-15-26(16-10-23)27-17-11-24(12-18-27)14-20-29-22-28-19-13-25(7-4-2)21-30(28)31(32)33-29/h11-13,17-19,21,23,26,29H,3-10,14-16,20,22H2,1-2H3. The Morgan fingerprint density at radius 2 is 1.58 bits per heavy atom. The first-order valence-corrected chi connectivity index (χ1v) is 13.6. The summed E-state index contributed by atoms with van der Waals surface area (Å²) in [5.41, 5.74) is 6.04. The summed E-state index contributed by atoms with van der Waals surface area (Å²) in [5.74, 6) is 1.57. The van der Waals surface area contributed by atoms with Gasteiger partial charge < -0.3 is 4.74 Å². The van der Waals surface area contributed by atoms with E-state index < -0.39 is 0 Å². The zero-order chi connectivity index (χ0) is 23.0. The van der Waals surface area contributed by atoms with E-state index in [9.17, 15) is 4.79 Å². The summed E-state index contributed by atoms with van der Waals surface area (Å²) in [4.78, 5) is 12.6. The second-order valence-electron chi connectivity index (χ2n) is 10.5. The number of aryl methyl sites for hydroxylation is 2. The lowest BCUT2D eigenvalue weighted by Gasteiger charge is -2.29. The molecule has 2 aliphatic rings. The smallest absolute Gasteiger partial charge is 0.338 e. The van der Waals surface area contributed by atoms with Gasteiger partial charge in [-0.2, -0.15) is 0 Å². The minimum atomic E-state index is -0.139. The topological polar surface area (TPSA) is 26.3 Å². The second kappa shape index (κ2) is 11.9. The number of carbonyl (C=O) groups excluding carboxylic acids is 1. The van der Waals surface area contributed by atoms with Crippen molar-refractivity contribution in [1.29, 1.82) is 0 Å². The van der Waals surface area contributed by atoms with Gasteiger partial charge in [-0.3, -0.25) is 0 Å². The summed E-state index contributed by atoms with van der Waals surface area (Å²) < 4.78 is 5.79. The molecular formula is C31H42O2. The van der Waals surface area contributed by atoms with Crippen molar-refractivity contribution in [3.63, 3.8) is 0 Å². The van der Waals surface area contributed by atoms with Gasteiger partial charge in [0, 0.05) is 6.42 Å². The van der Waals surface area contributed by atoms with E-state index in [1.54, 1.807) is 0 Å². The van der Waals surface area contributed by atoms with E-state index in [0.717, 1.165) is 55.1 Å². The first kappa shape index (κ1) is 24.0. The number of ether oxygens (including phenoxy) is 1. The van der Waals surface area contributed by atoms with Crippen LogP contribution in [0.15, 0.2) is 42.5 Å².